The van der Waals surface area contributed by atoms with E-state index in [0.29, 0.717) is 18.0 Å². The Hall–Kier alpha value is -1.81. The summed E-state index contributed by atoms with van der Waals surface area (Å²) in [4.78, 5) is 11.5. The highest BCUT2D eigenvalue weighted by Crippen LogP contribution is 2.18. The third kappa shape index (κ3) is 3.85. The molecule has 1 heterocycles. The number of aromatic nitrogens is 2. The van der Waals surface area contributed by atoms with Gasteiger partial charge in [0, 0.05) is 0 Å². The molecule has 0 amide bonds. The third-order valence-electron chi connectivity index (χ3n) is 3.25. The summed E-state index contributed by atoms with van der Waals surface area (Å²) in [7, 11) is 1.64. The third-order valence-corrected chi connectivity index (χ3v) is 3.46. The summed E-state index contributed by atoms with van der Waals surface area (Å²) in [5.74, 6) is 1.24. The second-order valence-corrected chi connectivity index (χ2v) is 5.73. The van der Waals surface area contributed by atoms with Gasteiger partial charge in [0.2, 0.25) is 0 Å². The molecule has 1 aromatic heterocycles. The molecule has 0 aliphatic rings. The van der Waals surface area contributed by atoms with Crippen LogP contribution in [0.1, 0.15) is 35.5 Å². The summed E-state index contributed by atoms with van der Waals surface area (Å²) >= 11 is 5.64. The first kappa shape index (κ1) is 15.6. The summed E-state index contributed by atoms with van der Waals surface area (Å²) in [6.45, 7) is 4.82. The zero-order valence-electron chi connectivity index (χ0n) is 12.5. The Morgan fingerprint density at radius 2 is 2.00 bits per heavy atom. The van der Waals surface area contributed by atoms with Crippen molar-refractivity contribution < 1.29 is 9.53 Å². The van der Waals surface area contributed by atoms with E-state index in [9.17, 15) is 4.79 Å². The van der Waals surface area contributed by atoms with Gasteiger partial charge in [0.25, 0.3) is 5.24 Å². The number of nitrogens with zero attached hydrogens (tertiary/aromatic N) is 2. The lowest BCUT2D eigenvalue weighted by Gasteiger charge is -2.11. The van der Waals surface area contributed by atoms with Crippen molar-refractivity contribution in [1.82, 2.24) is 9.78 Å². The number of ether oxygens (including phenoxy) is 1. The second-order valence-electron chi connectivity index (χ2n) is 5.38. The molecule has 0 saturated heterocycles. The van der Waals surface area contributed by atoms with Crippen molar-refractivity contribution in [2.75, 3.05) is 7.11 Å². The van der Waals surface area contributed by atoms with Crippen molar-refractivity contribution in [3.63, 3.8) is 0 Å². The van der Waals surface area contributed by atoms with Crippen molar-refractivity contribution >= 4 is 16.8 Å². The van der Waals surface area contributed by atoms with Crippen LogP contribution in [-0.2, 0) is 13.0 Å². The van der Waals surface area contributed by atoms with Crippen molar-refractivity contribution in [1.29, 1.82) is 0 Å². The van der Waals surface area contributed by atoms with Gasteiger partial charge in [-0.25, -0.2) is 0 Å². The molecule has 0 atom stereocenters. The highest BCUT2D eigenvalue weighted by molar-refractivity contribution is 6.67. The van der Waals surface area contributed by atoms with Crippen molar-refractivity contribution in [3.8, 4) is 5.75 Å². The largest absolute Gasteiger partial charge is 0.497 e. The molecule has 5 heteroatoms. The number of halogens is 1. The molecule has 2 rings (SSSR count). The van der Waals surface area contributed by atoms with Crippen molar-refractivity contribution in [2.24, 2.45) is 5.92 Å². The lowest BCUT2D eigenvalue weighted by molar-refractivity contribution is 0.108. The van der Waals surface area contributed by atoms with E-state index in [1.54, 1.807) is 13.3 Å². The Bertz CT molecular complexity index is 618. The average Bonchev–Trinajstić information content (AvgIpc) is 2.82. The number of rotatable bonds is 6. The van der Waals surface area contributed by atoms with Gasteiger partial charge >= 0.3 is 0 Å². The van der Waals surface area contributed by atoms with E-state index in [4.69, 9.17) is 16.3 Å². The molecule has 112 valence electrons. The smallest absolute Gasteiger partial charge is 0.255 e. The number of hydrogen-bond donors (Lipinski definition) is 0. The highest BCUT2D eigenvalue weighted by atomic mass is 35.5. The molecule has 2 aromatic rings. The number of carbonyl (C=O) groups is 1. The maximum Gasteiger partial charge on any atom is 0.255 e. The lowest BCUT2D eigenvalue weighted by Crippen LogP contribution is -2.10. The van der Waals surface area contributed by atoms with Crippen LogP contribution in [0.15, 0.2) is 30.5 Å². The van der Waals surface area contributed by atoms with Gasteiger partial charge in [-0.05, 0) is 41.6 Å². The fraction of sp³-hybridized carbons (Fsp3) is 0.375. The van der Waals surface area contributed by atoms with Crippen LogP contribution in [0.2, 0.25) is 0 Å². The number of hydrogen-bond acceptors (Lipinski definition) is 3. The van der Waals surface area contributed by atoms with E-state index in [0.717, 1.165) is 23.4 Å². The SMILES string of the molecule is COc1ccc(Cn2ncc(C(=O)Cl)c2CC(C)C)cc1. The van der Waals surface area contributed by atoms with Gasteiger partial charge in [-0.15, -0.1) is 0 Å². The standard InChI is InChI=1S/C16H19ClN2O2/c1-11(2)8-15-14(16(17)20)9-18-19(15)10-12-4-6-13(21-3)7-5-12/h4-7,9,11H,8,10H2,1-3H3. The van der Waals surface area contributed by atoms with Crippen LogP contribution in [0.25, 0.3) is 0 Å². The van der Waals surface area contributed by atoms with E-state index in [2.05, 4.69) is 18.9 Å². The Morgan fingerprint density at radius 3 is 2.52 bits per heavy atom. The molecule has 0 bridgehead atoms. The van der Waals surface area contributed by atoms with Gasteiger partial charge in [-0.3, -0.25) is 9.48 Å². The monoisotopic (exact) mass is 306 g/mol. The quantitative estimate of drug-likeness (QED) is 0.767. The molecule has 0 aliphatic carbocycles. The van der Waals surface area contributed by atoms with Crippen LogP contribution < -0.4 is 4.74 Å². The lowest BCUT2D eigenvalue weighted by atomic mass is 10.1. The van der Waals surface area contributed by atoms with Gasteiger partial charge in [0.15, 0.2) is 0 Å². The molecule has 21 heavy (non-hydrogen) atoms. The Balaban J connectivity index is 2.27. The van der Waals surface area contributed by atoms with Crippen molar-refractivity contribution in [2.45, 2.75) is 26.8 Å². The summed E-state index contributed by atoms with van der Waals surface area (Å²) in [5.41, 5.74) is 2.48. The molecule has 0 radical (unpaired) electrons. The second kappa shape index (κ2) is 6.76. The summed E-state index contributed by atoms with van der Waals surface area (Å²) in [6, 6.07) is 7.80. The predicted octanol–water partition coefficient (Wildman–Crippen LogP) is 3.52. The van der Waals surface area contributed by atoms with E-state index >= 15 is 0 Å². The zero-order chi connectivity index (χ0) is 15.4. The topological polar surface area (TPSA) is 44.1 Å². The van der Waals surface area contributed by atoms with Crippen molar-refractivity contribution in [3.05, 3.63) is 47.3 Å². The first-order valence-electron chi connectivity index (χ1n) is 6.88. The Labute approximate surface area is 129 Å². The van der Waals surface area contributed by atoms with Crippen LogP contribution >= 0.6 is 11.6 Å². The number of methoxy groups -OCH3 is 1. The molecule has 0 aliphatic heterocycles. The van der Waals surface area contributed by atoms with Crippen LogP contribution in [0.4, 0.5) is 0 Å². The average molecular weight is 307 g/mol. The maximum atomic E-state index is 11.5. The van der Waals surface area contributed by atoms with Gasteiger partial charge in [-0.2, -0.15) is 5.10 Å². The minimum atomic E-state index is -0.452. The molecule has 1 aromatic carbocycles. The molecule has 0 unspecified atom stereocenters. The summed E-state index contributed by atoms with van der Waals surface area (Å²) < 4.78 is 6.99. The Kier molecular flexibility index (Phi) is 5.02. The van der Waals surface area contributed by atoms with Crippen LogP contribution in [-0.4, -0.2) is 22.1 Å². The fourth-order valence-corrected chi connectivity index (χ4v) is 2.37. The van der Waals surface area contributed by atoms with E-state index in [-0.39, 0.29) is 0 Å². The first-order valence-corrected chi connectivity index (χ1v) is 7.26. The molecule has 0 spiro atoms. The van der Waals surface area contributed by atoms with E-state index in [1.165, 1.54) is 0 Å². The number of benzene rings is 1. The molecule has 0 saturated carbocycles. The number of carbonyl (C=O) groups excluding carboxylic acids is 1. The predicted molar refractivity (Wildman–Crippen MR) is 83.0 cm³/mol. The zero-order valence-corrected chi connectivity index (χ0v) is 13.2. The summed E-state index contributed by atoms with van der Waals surface area (Å²) in [5, 5.41) is 3.86. The normalized spacial score (nSPS) is 10.9. The Morgan fingerprint density at radius 1 is 1.33 bits per heavy atom. The maximum absolute atomic E-state index is 11.5. The van der Waals surface area contributed by atoms with E-state index < -0.39 is 5.24 Å². The molecule has 0 fully saturated rings. The first-order chi connectivity index (χ1) is 10.0. The minimum Gasteiger partial charge on any atom is -0.497 e. The van der Waals surface area contributed by atoms with Gasteiger partial charge in [0.1, 0.15) is 5.75 Å². The molecule has 0 N–H and O–H groups in total. The molecular formula is C16H19ClN2O2. The minimum absolute atomic E-state index is 0.422. The van der Waals surface area contributed by atoms with Crippen LogP contribution in [0.5, 0.6) is 5.75 Å². The van der Waals surface area contributed by atoms with Crippen LogP contribution in [0.3, 0.4) is 0 Å². The fourth-order valence-electron chi connectivity index (χ4n) is 2.22. The van der Waals surface area contributed by atoms with Crippen LogP contribution in [0, 0.1) is 5.92 Å². The van der Waals surface area contributed by atoms with Gasteiger partial charge < -0.3 is 4.74 Å². The molecular weight excluding hydrogens is 288 g/mol. The van der Waals surface area contributed by atoms with Gasteiger partial charge in [0.05, 0.1) is 31.1 Å². The van der Waals surface area contributed by atoms with Gasteiger partial charge in [-0.1, -0.05) is 26.0 Å². The van der Waals surface area contributed by atoms with E-state index in [1.807, 2.05) is 28.9 Å². The highest BCUT2D eigenvalue weighted by Gasteiger charge is 2.17. The molecule has 4 nitrogen and oxygen atoms in total. The summed E-state index contributed by atoms with van der Waals surface area (Å²) in [6.07, 6.45) is 2.32.